The maximum Gasteiger partial charge on any atom is 0.341 e. The molecule has 0 aliphatic heterocycles. The minimum absolute atomic E-state index is 0.264. The van der Waals surface area contributed by atoms with Gasteiger partial charge in [-0.2, -0.15) is 0 Å². The van der Waals surface area contributed by atoms with Crippen LogP contribution in [0.4, 0.5) is 9.39 Å². The standard InChI is InChI=1S/C17H16FNO3S/c1-3-22-17(21)14-9-11(2)23-16(14)19-15(20)8-7-12-5-4-6-13(18)10-12/h4-10H,3H2,1-2H3,(H,19,20)/b8-7+. The molecular formula is C17H16FNO3S. The molecule has 0 radical (unpaired) electrons. The fraction of sp³-hybridized carbons (Fsp3) is 0.176. The topological polar surface area (TPSA) is 55.4 Å². The molecule has 0 aliphatic rings. The number of carbonyl (C=O) groups is 2. The number of hydrogen-bond acceptors (Lipinski definition) is 4. The fourth-order valence-corrected chi connectivity index (χ4v) is 2.81. The Labute approximate surface area is 137 Å². The Morgan fingerprint density at radius 3 is 2.83 bits per heavy atom. The van der Waals surface area contributed by atoms with Gasteiger partial charge >= 0.3 is 5.97 Å². The number of benzene rings is 1. The minimum atomic E-state index is -0.471. The molecule has 0 unspecified atom stereocenters. The normalized spacial score (nSPS) is 10.7. The molecule has 0 aliphatic carbocycles. The number of ether oxygens (including phenoxy) is 1. The molecule has 0 atom stereocenters. The van der Waals surface area contributed by atoms with Gasteiger partial charge in [0, 0.05) is 11.0 Å². The lowest BCUT2D eigenvalue weighted by Crippen LogP contribution is -2.11. The van der Waals surface area contributed by atoms with Gasteiger partial charge in [-0.15, -0.1) is 11.3 Å². The van der Waals surface area contributed by atoms with Gasteiger partial charge in [-0.05, 0) is 43.7 Å². The maximum atomic E-state index is 13.1. The lowest BCUT2D eigenvalue weighted by Gasteiger charge is -2.03. The first kappa shape index (κ1) is 16.9. The van der Waals surface area contributed by atoms with Gasteiger partial charge in [-0.3, -0.25) is 4.79 Å². The van der Waals surface area contributed by atoms with Crippen LogP contribution in [0.2, 0.25) is 0 Å². The second-order valence-corrected chi connectivity index (χ2v) is 5.95. The van der Waals surface area contributed by atoms with Crippen molar-refractivity contribution in [1.82, 2.24) is 0 Å². The highest BCUT2D eigenvalue weighted by atomic mass is 32.1. The SMILES string of the molecule is CCOC(=O)c1cc(C)sc1NC(=O)/C=C/c1cccc(F)c1. The summed E-state index contributed by atoms with van der Waals surface area (Å²) in [5, 5.41) is 3.09. The van der Waals surface area contributed by atoms with Crippen LogP contribution in [0, 0.1) is 12.7 Å². The van der Waals surface area contributed by atoms with Gasteiger partial charge in [0.25, 0.3) is 0 Å². The predicted molar refractivity (Wildman–Crippen MR) is 89.1 cm³/mol. The van der Waals surface area contributed by atoms with Gasteiger partial charge in [0.15, 0.2) is 0 Å². The van der Waals surface area contributed by atoms with Crippen molar-refractivity contribution < 1.29 is 18.7 Å². The first-order chi connectivity index (χ1) is 11.0. The molecule has 0 saturated heterocycles. The molecule has 1 aromatic carbocycles. The number of thiophene rings is 1. The molecule has 120 valence electrons. The number of rotatable bonds is 5. The highest BCUT2D eigenvalue weighted by Crippen LogP contribution is 2.28. The van der Waals surface area contributed by atoms with Crippen LogP contribution in [0.3, 0.4) is 0 Å². The molecule has 23 heavy (non-hydrogen) atoms. The first-order valence-electron chi connectivity index (χ1n) is 7.01. The van der Waals surface area contributed by atoms with Crippen LogP contribution in [0.25, 0.3) is 6.08 Å². The zero-order valence-corrected chi connectivity index (χ0v) is 13.6. The van der Waals surface area contributed by atoms with Crippen LogP contribution in [0.5, 0.6) is 0 Å². The van der Waals surface area contributed by atoms with E-state index < -0.39 is 11.9 Å². The van der Waals surface area contributed by atoms with E-state index in [0.29, 0.717) is 16.1 Å². The monoisotopic (exact) mass is 333 g/mol. The van der Waals surface area contributed by atoms with Crippen molar-refractivity contribution in [3.8, 4) is 0 Å². The number of aryl methyl sites for hydroxylation is 1. The average Bonchev–Trinajstić information content (AvgIpc) is 2.86. The largest absolute Gasteiger partial charge is 0.462 e. The van der Waals surface area contributed by atoms with Crippen LogP contribution in [0.15, 0.2) is 36.4 Å². The Morgan fingerprint density at radius 2 is 2.13 bits per heavy atom. The van der Waals surface area contributed by atoms with E-state index >= 15 is 0 Å². The summed E-state index contributed by atoms with van der Waals surface area (Å²) in [5.41, 5.74) is 0.912. The third kappa shape index (κ3) is 4.75. The second kappa shape index (κ2) is 7.69. The smallest absolute Gasteiger partial charge is 0.341 e. The fourth-order valence-electron chi connectivity index (χ4n) is 1.90. The molecule has 2 aromatic rings. The third-order valence-corrected chi connectivity index (χ3v) is 3.83. The van der Waals surface area contributed by atoms with Crippen LogP contribution in [-0.4, -0.2) is 18.5 Å². The Bertz CT molecular complexity index is 752. The Kier molecular flexibility index (Phi) is 5.65. The first-order valence-corrected chi connectivity index (χ1v) is 7.83. The minimum Gasteiger partial charge on any atom is -0.462 e. The van der Waals surface area contributed by atoms with Gasteiger partial charge in [0.2, 0.25) is 5.91 Å². The number of nitrogens with one attached hydrogen (secondary N) is 1. The van der Waals surface area contributed by atoms with Crippen molar-refractivity contribution in [1.29, 1.82) is 0 Å². The third-order valence-electron chi connectivity index (χ3n) is 2.86. The molecule has 1 amide bonds. The molecule has 0 spiro atoms. The van der Waals surface area contributed by atoms with E-state index in [9.17, 15) is 14.0 Å². The molecule has 0 bridgehead atoms. The van der Waals surface area contributed by atoms with Crippen LogP contribution in [0.1, 0.15) is 27.7 Å². The van der Waals surface area contributed by atoms with E-state index in [4.69, 9.17) is 4.74 Å². The summed E-state index contributed by atoms with van der Waals surface area (Å²) in [4.78, 5) is 24.7. The Balaban J connectivity index is 2.10. The van der Waals surface area contributed by atoms with E-state index in [1.54, 1.807) is 25.1 Å². The molecule has 0 fully saturated rings. The molecular weight excluding hydrogens is 317 g/mol. The van der Waals surface area contributed by atoms with Crippen molar-refractivity contribution in [3.63, 3.8) is 0 Å². The van der Waals surface area contributed by atoms with Gasteiger partial charge in [-0.1, -0.05) is 12.1 Å². The molecule has 6 heteroatoms. The lowest BCUT2D eigenvalue weighted by molar-refractivity contribution is -0.111. The van der Waals surface area contributed by atoms with E-state index in [-0.39, 0.29) is 12.4 Å². The second-order valence-electron chi connectivity index (χ2n) is 4.70. The molecule has 4 nitrogen and oxygen atoms in total. The summed E-state index contributed by atoms with van der Waals surface area (Å²) in [6.45, 7) is 3.82. The van der Waals surface area contributed by atoms with Crippen molar-refractivity contribution in [2.45, 2.75) is 13.8 Å². The predicted octanol–water partition coefficient (Wildman–Crippen LogP) is 4.02. The van der Waals surface area contributed by atoms with Crippen molar-refractivity contribution in [2.75, 3.05) is 11.9 Å². The molecule has 1 heterocycles. The molecule has 1 aromatic heterocycles. The number of carbonyl (C=O) groups excluding carboxylic acids is 2. The van der Waals surface area contributed by atoms with Crippen molar-refractivity contribution in [2.24, 2.45) is 0 Å². The highest BCUT2D eigenvalue weighted by Gasteiger charge is 2.17. The number of hydrogen-bond donors (Lipinski definition) is 1. The van der Waals surface area contributed by atoms with E-state index in [2.05, 4.69) is 5.32 Å². The van der Waals surface area contributed by atoms with Crippen LogP contribution >= 0.6 is 11.3 Å². The summed E-state index contributed by atoms with van der Waals surface area (Å²) in [7, 11) is 0. The lowest BCUT2D eigenvalue weighted by atomic mass is 10.2. The highest BCUT2D eigenvalue weighted by molar-refractivity contribution is 7.16. The Hall–Kier alpha value is -2.47. The van der Waals surface area contributed by atoms with E-state index in [1.807, 2.05) is 6.92 Å². The zero-order valence-electron chi connectivity index (χ0n) is 12.8. The summed E-state index contributed by atoms with van der Waals surface area (Å²) in [5.74, 6) is -1.24. The van der Waals surface area contributed by atoms with Gasteiger partial charge in [0.1, 0.15) is 10.8 Å². The summed E-state index contributed by atoms with van der Waals surface area (Å²) in [6.07, 6.45) is 2.79. The van der Waals surface area contributed by atoms with Crippen LogP contribution in [-0.2, 0) is 9.53 Å². The summed E-state index contributed by atoms with van der Waals surface area (Å²) < 4.78 is 18.0. The number of amides is 1. The average molecular weight is 333 g/mol. The summed E-state index contributed by atoms with van der Waals surface area (Å²) >= 11 is 1.29. The van der Waals surface area contributed by atoms with Gasteiger partial charge in [-0.25, -0.2) is 9.18 Å². The molecule has 2 rings (SSSR count). The maximum absolute atomic E-state index is 13.1. The number of esters is 1. The summed E-state index contributed by atoms with van der Waals surface area (Å²) in [6, 6.07) is 7.58. The Morgan fingerprint density at radius 1 is 1.35 bits per heavy atom. The number of halogens is 1. The molecule has 0 saturated carbocycles. The van der Waals surface area contributed by atoms with E-state index in [0.717, 1.165) is 4.88 Å². The quantitative estimate of drug-likeness (QED) is 0.664. The number of anilines is 1. The van der Waals surface area contributed by atoms with Crippen LogP contribution < -0.4 is 5.32 Å². The van der Waals surface area contributed by atoms with Crippen molar-refractivity contribution >= 4 is 34.3 Å². The van der Waals surface area contributed by atoms with Gasteiger partial charge in [0.05, 0.1) is 12.2 Å². The van der Waals surface area contributed by atoms with E-state index in [1.165, 1.54) is 35.6 Å². The van der Waals surface area contributed by atoms with Crippen molar-refractivity contribution in [3.05, 3.63) is 58.2 Å². The zero-order chi connectivity index (χ0) is 16.8. The molecule has 1 N–H and O–H groups in total. The van der Waals surface area contributed by atoms with Gasteiger partial charge < -0.3 is 10.1 Å².